The molecule has 0 saturated carbocycles. The second kappa shape index (κ2) is 12.8. The SMILES string of the molecule is CC(C)(C)CC(C)(C)N1c2nc(nc3[n+]2CC3(C)C)N(CCCCCCN(C2CC(C)(C)NC(C)(C)C2)C(C)(C)C)C2CC(C)(C)NC1(C)C2. The molecule has 4 bridgehead atoms. The van der Waals surface area contributed by atoms with Gasteiger partial charge < -0.3 is 10.2 Å². The Morgan fingerprint density at radius 3 is 1.88 bits per heavy atom. The summed E-state index contributed by atoms with van der Waals surface area (Å²) in [7, 11) is 0. The topological polar surface area (TPSA) is 63.4 Å². The molecule has 50 heavy (non-hydrogen) atoms. The normalized spacial score (nSPS) is 27.4. The van der Waals surface area contributed by atoms with Crippen molar-refractivity contribution in [3.05, 3.63) is 5.82 Å². The van der Waals surface area contributed by atoms with E-state index in [9.17, 15) is 0 Å². The van der Waals surface area contributed by atoms with Gasteiger partial charge in [0.05, 0.1) is 17.5 Å². The van der Waals surface area contributed by atoms with Gasteiger partial charge in [-0.3, -0.25) is 15.1 Å². The molecule has 0 amide bonds. The fraction of sp³-hybridized carbons (Fsp3) is 0.929. The molecule has 0 spiro atoms. The molecule has 2 saturated heterocycles. The van der Waals surface area contributed by atoms with Crippen LogP contribution in [-0.2, 0) is 12.0 Å². The highest BCUT2D eigenvalue weighted by Crippen LogP contribution is 2.46. The Balaban J connectivity index is 1.36. The molecule has 5 rings (SSSR count). The van der Waals surface area contributed by atoms with Crippen molar-refractivity contribution in [2.75, 3.05) is 22.9 Å². The number of nitrogens with zero attached hydrogens (tertiary/aromatic N) is 6. The van der Waals surface area contributed by atoms with Crippen molar-refractivity contribution in [1.82, 2.24) is 25.5 Å². The highest BCUT2D eigenvalue weighted by atomic mass is 15.5. The second-order valence-corrected chi connectivity index (χ2v) is 22.8. The van der Waals surface area contributed by atoms with Gasteiger partial charge in [-0.05, 0) is 147 Å². The number of nitrogens with one attached hydrogen (secondary N) is 2. The molecule has 0 aromatic carbocycles. The van der Waals surface area contributed by atoms with Crippen LogP contribution >= 0.6 is 0 Å². The average Bonchev–Trinajstić information content (AvgIpc) is 2.84. The van der Waals surface area contributed by atoms with Gasteiger partial charge in [-0.2, -0.15) is 0 Å². The Morgan fingerprint density at radius 2 is 1.32 bits per heavy atom. The molecule has 4 aliphatic heterocycles. The molecule has 4 aliphatic rings. The van der Waals surface area contributed by atoms with E-state index in [4.69, 9.17) is 9.97 Å². The number of rotatable bonds is 10. The molecule has 2 fully saturated rings. The summed E-state index contributed by atoms with van der Waals surface area (Å²) >= 11 is 0. The minimum atomic E-state index is -0.236. The molecule has 0 aliphatic carbocycles. The van der Waals surface area contributed by atoms with Crippen molar-refractivity contribution in [2.24, 2.45) is 5.41 Å². The van der Waals surface area contributed by atoms with E-state index in [1.54, 1.807) is 0 Å². The fourth-order valence-electron chi connectivity index (χ4n) is 11.5. The van der Waals surface area contributed by atoms with Gasteiger partial charge in [-0.1, -0.05) is 43.6 Å². The lowest BCUT2D eigenvalue weighted by atomic mass is 9.76. The Morgan fingerprint density at radius 1 is 0.740 bits per heavy atom. The van der Waals surface area contributed by atoms with Crippen molar-refractivity contribution >= 4 is 11.9 Å². The van der Waals surface area contributed by atoms with E-state index >= 15 is 0 Å². The van der Waals surface area contributed by atoms with Gasteiger partial charge in [0.15, 0.2) is 0 Å². The largest absolute Gasteiger partial charge is 0.356 e. The summed E-state index contributed by atoms with van der Waals surface area (Å²) in [5.74, 6) is 3.24. The second-order valence-electron chi connectivity index (χ2n) is 22.8. The first-order valence-electron chi connectivity index (χ1n) is 20.3. The van der Waals surface area contributed by atoms with Crippen molar-refractivity contribution in [2.45, 2.75) is 233 Å². The number of hydrogen-bond donors (Lipinski definition) is 2. The van der Waals surface area contributed by atoms with Gasteiger partial charge in [-0.25, -0.2) is 4.57 Å². The third kappa shape index (κ3) is 8.48. The Bertz CT molecular complexity index is 1360. The van der Waals surface area contributed by atoms with E-state index in [2.05, 4.69) is 148 Å². The maximum atomic E-state index is 5.54. The third-order valence-electron chi connectivity index (χ3n) is 12.0. The molecule has 2 atom stereocenters. The van der Waals surface area contributed by atoms with Crippen molar-refractivity contribution in [3.63, 3.8) is 0 Å². The van der Waals surface area contributed by atoms with Crippen LogP contribution in [0.4, 0.5) is 11.9 Å². The quantitative estimate of drug-likeness (QED) is 0.189. The van der Waals surface area contributed by atoms with E-state index in [1.165, 1.54) is 50.9 Å². The van der Waals surface area contributed by atoms with Crippen LogP contribution in [0.5, 0.6) is 0 Å². The molecule has 2 N–H and O–H groups in total. The highest BCUT2D eigenvalue weighted by Gasteiger charge is 2.58. The average molecular weight is 696 g/mol. The summed E-state index contributed by atoms with van der Waals surface area (Å²) in [5, 5.41) is 8.09. The first kappa shape index (κ1) is 39.7. The number of unbranched alkanes of at least 4 members (excludes halogenated alkanes) is 3. The molecular weight excluding hydrogens is 617 g/mol. The minimum Gasteiger partial charge on any atom is -0.316 e. The Labute approximate surface area is 308 Å². The van der Waals surface area contributed by atoms with E-state index in [0.717, 1.165) is 44.2 Å². The van der Waals surface area contributed by atoms with Crippen molar-refractivity contribution < 1.29 is 4.57 Å². The maximum absolute atomic E-state index is 5.54. The summed E-state index contributed by atoms with van der Waals surface area (Å²) in [6.45, 7) is 43.9. The molecule has 8 nitrogen and oxygen atoms in total. The lowest BCUT2D eigenvalue weighted by Crippen LogP contribution is -2.77. The molecular formula is C42H79N8+. The van der Waals surface area contributed by atoms with Crippen LogP contribution < -0.4 is 25.0 Å². The first-order chi connectivity index (χ1) is 22.5. The van der Waals surface area contributed by atoms with Crippen LogP contribution in [0.1, 0.15) is 181 Å². The zero-order valence-corrected chi connectivity index (χ0v) is 35.8. The molecule has 8 heteroatoms. The predicted octanol–water partition coefficient (Wildman–Crippen LogP) is 8.11. The van der Waals surface area contributed by atoms with E-state index in [1.807, 2.05) is 0 Å². The van der Waals surface area contributed by atoms with Crippen LogP contribution in [0.15, 0.2) is 0 Å². The van der Waals surface area contributed by atoms with Gasteiger partial charge in [0.2, 0.25) is 5.82 Å². The minimum absolute atomic E-state index is 0.00627. The molecule has 1 aromatic rings. The van der Waals surface area contributed by atoms with Gasteiger partial charge in [0, 0.05) is 47.2 Å². The number of fused-ring (bicyclic) bond motifs is 6. The van der Waals surface area contributed by atoms with Crippen LogP contribution in [-0.4, -0.2) is 73.4 Å². The van der Waals surface area contributed by atoms with Gasteiger partial charge in [0.25, 0.3) is 0 Å². The monoisotopic (exact) mass is 696 g/mol. The first-order valence-corrected chi connectivity index (χ1v) is 20.3. The van der Waals surface area contributed by atoms with Gasteiger partial charge in [-0.15, -0.1) is 0 Å². The summed E-state index contributed by atoms with van der Waals surface area (Å²) in [4.78, 5) is 19.1. The lowest BCUT2D eigenvalue weighted by molar-refractivity contribution is -0.754. The van der Waals surface area contributed by atoms with Crippen LogP contribution in [0.25, 0.3) is 0 Å². The number of piperidine rings is 2. The van der Waals surface area contributed by atoms with Crippen LogP contribution in [0.2, 0.25) is 0 Å². The Hall–Kier alpha value is -1.51. The molecule has 2 unspecified atom stereocenters. The van der Waals surface area contributed by atoms with Crippen LogP contribution in [0.3, 0.4) is 0 Å². The number of hydrogen-bond acceptors (Lipinski definition) is 7. The van der Waals surface area contributed by atoms with Crippen molar-refractivity contribution in [3.8, 4) is 0 Å². The number of aromatic nitrogens is 3. The predicted molar refractivity (Wildman–Crippen MR) is 211 cm³/mol. The molecule has 5 heterocycles. The summed E-state index contributed by atoms with van der Waals surface area (Å²) in [6.07, 6.45) is 10.6. The van der Waals surface area contributed by atoms with E-state index < -0.39 is 0 Å². The zero-order chi connectivity index (χ0) is 37.5. The lowest BCUT2D eigenvalue weighted by Gasteiger charge is -2.58. The summed E-state index contributed by atoms with van der Waals surface area (Å²) < 4.78 is 2.42. The van der Waals surface area contributed by atoms with Crippen molar-refractivity contribution in [1.29, 1.82) is 0 Å². The Kier molecular flexibility index (Phi) is 10.2. The molecule has 1 aromatic heterocycles. The summed E-state index contributed by atoms with van der Waals surface area (Å²) in [5.41, 5.74) is 0.385. The van der Waals surface area contributed by atoms with E-state index in [0.29, 0.717) is 12.1 Å². The summed E-state index contributed by atoms with van der Waals surface area (Å²) in [6, 6.07) is 0.989. The zero-order valence-electron chi connectivity index (χ0n) is 35.8. The fourth-order valence-corrected chi connectivity index (χ4v) is 11.5. The maximum Gasteiger partial charge on any atom is 0.356 e. The third-order valence-corrected chi connectivity index (χ3v) is 12.0. The van der Waals surface area contributed by atoms with E-state index in [-0.39, 0.29) is 44.2 Å². The van der Waals surface area contributed by atoms with Gasteiger partial charge >= 0.3 is 11.9 Å². The van der Waals surface area contributed by atoms with Gasteiger partial charge in [0.1, 0.15) is 5.66 Å². The smallest absolute Gasteiger partial charge is 0.316 e. The molecule has 286 valence electrons. The number of anilines is 2. The van der Waals surface area contributed by atoms with Crippen LogP contribution in [0, 0.1) is 5.41 Å². The highest BCUT2D eigenvalue weighted by molar-refractivity contribution is 5.46. The standard InChI is InChI=1S/C42H79N8/c1-35(2,3)28-41(15,16)50-34-44-33(43-32-37(7,8)29-48(32)34)47(30-24-40(13,14)46-42(50,17)27-30)22-20-18-19-21-23-49(36(4,5)6)31-25-38(9,10)45-39(11,12)26-31/h30-31,45-46H,18-29H2,1-17H3/q+1. The molecule has 0 radical (unpaired) electrons.